The SMILES string of the molecule is CNC(C(=O)N1CCNCC1)C(C)(C)C. The predicted molar refractivity (Wildman–Crippen MR) is 61.8 cm³/mol. The van der Waals surface area contributed by atoms with E-state index in [0.717, 1.165) is 26.2 Å². The van der Waals surface area contributed by atoms with Crippen LogP contribution in [0.5, 0.6) is 0 Å². The van der Waals surface area contributed by atoms with Crippen LogP contribution in [0.25, 0.3) is 0 Å². The average Bonchev–Trinajstić information content (AvgIpc) is 2.18. The van der Waals surface area contributed by atoms with Crippen LogP contribution in [0.1, 0.15) is 20.8 Å². The lowest BCUT2D eigenvalue weighted by Crippen LogP contribution is -2.56. The third kappa shape index (κ3) is 3.18. The van der Waals surface area contributed by atoms with Crippen LogP contribution in [0.4, 0.5) is 0 Å². The maximum absolute atomic E-state index is 12.2. The van der Waals surface area contributed by atoms with Crippen LogP contribution in [0.15, 0.2) is 0 Å². The highest BCUT2D eigenvalue weighted by Gasteiger charge is 2.33. The fourth-order valence-electron chi connectivity index (χ4n) is 1.99. The van der Waals surface area contributed by atoms with Gasteiger partial charge in [0.15, 0.2) is 0 Å². The van der Waals surface area contributed by atoms with E-state index in [4.69, 9.17) is 0 Å². The van der Waals surface area contributed by atoms with Gasteiger partial charge in [-0.1, -0.05) is 20.8 Å². The molecule has 0 aromatic heterocycles. The van der Waals surface area contributed by atoms with Gasteiger partial charge in [-0.25, -0.2) is 0 Å². The highest BCUT2D eigenvalue weighted by molar-refractivity contribution is 5.82. The van der Waals surface area contributed by atoms with Gasteiger partial charge in [-0.2, -0.15) is 0 Å². The summed E-state index contributed by atoms with van der Waals surface area (Å²) in [5.41, 5.74) is -0.0310. The van der Waals surface area contributed by atoms with E-state index < -0.39 is 0 Å². The molecule has 4 nitrogen and oxygen atoms in total. The van der Waals surface area contributed by atoms with E-state index >= 15 is 0 Å². The van der Waals surface area contributed by atoms with Crippen molar-refractivity contribution in [3.8, 4) is 0 Å². The Balaban J connectivity index is 2.63. The van der Waals surface area contributed by atoms with E-state index in [1.165, 1.54) is 0 Å². The van der Waals surface area contributed by atoms with Crippen molar-refractivity contribution in [3.05, 3.63) is 0 Å². The molecule has 0 aromatic rings. The molecule has 1 heterocycles. The molecule has 2 N–H and O–H groups in total. The zero-order chi connectivity index (χ0) is 11.5. The normalized spacial score (nSPS) is 20.1. The van der Waals surface area contributed by atoms with E-state index in [1.54, 1.807) is 0 Å². The first kappa shape index (κ1) is 12.5. The molecule has 1 atom stereocenters. The minimum Gasteiger partial charge on any atom is -0.339 e. The molecule has 1 aliphatic heterocycles. The summed E-state index contributed by atoms with van der Waals surface area (Å²) < 4.78 is 0. The van der Waals surface area contributed by atoms with Crippen LogP contribution in [0.3, 0.4) is 0 Å². The lowest BCUT2D eigenvalue weighted by Gasteiger charge is -2.36. The fourth-order valence-corrected chi connectivity index (χ4v) is 1.99. The van der Waals surface area contributed by atoms with Crippen molar-refractivity contribution in [3.63, 3.8) is 0 Å². The van der Waals surface area contributed by atoms with Gasteiger partial charge in [0.2, 0.25) is 5.91 Å². The molecule has 0 radical (unpaired) electrons. The summed E-state index contributed by atoms with van der Waals surface area (Å²) in [5.74, 6) is 0.228. The highest BCUT2D eigenvalue weighted by Crippen LogP contribution is 2.20. The third-order valence-corrected chi connectivity index (χ3v) is 2.83. The molecule has 0 saturated carbocycles. The monoisotopic (exact) mass is 213 g/mol. The summed E-state index contributed by atoms with van der Waals surface area (Å²) in [7, 11) is 1.86. The van der Waals surface area contributed by atoms with Gasteiger partial charge in [0, 0.05) is 26.2 Å². The molecule has 0 aliphatic carbocycles. The van der Waals surface area contributed by atoms with E-state index in [2.05, 4.69) is 31.4 Å². The predicted octanol–water partition coefficient (Wildman–Crippen LogP) is 0.0523. The average molecular weight is 213 g/mol. The molecule has 1 unspecified atom stereocenters. The zero-order valence-corrected chi connectivity index (χ0v) is 10.3. The zero-order valence-electron chi connectivity index (χ0n) is 10.3. The largest absolute Gasteiger partial charge is 0.339 e. The number of hydrogen-bond donors (Lipinski definition) is 2. The van der Waals surface area contributed by atoms with Gasteiger partial charge < -0.3 is 15.5 Å². The second kappa shape index (κ2) is 4.94. The van der Waals surface area contributed by atoms with Crippen molar-refractivity contribution in [2.75, 3.05) is 33.2 Å². The second-order valence-corrected chi connectivity index (χ2v) is 5.16. The van der Waals surface area contributed by atoms with Crippen molar-refractivity contribution < 1.29 is 4.79 Å². The van der Waals surface area contributed by atoms with Crippen LogP contribution >= 0.6 is 0 Å². The third-order valence-electron chi connectivity index (χ3n) is 2.83. The molecule has 4 heteroatoms. The van der Waals surface area contributed by atoms with Gasteiger partial charge in [-0.05, 0) is 12.5 Å². The fraction of sp³-hybridized carbons (Fsp3) is 0.909. The van der Waals surface area contributed by atoms with Crippen LogP contribution < -0.4 is 10.6 Å². The molecule has 15 heavy (non-hydrogen) atoms. The minimum absolute atomic E-state index is 0.0310. The topological polar surface area (TPSA) is 44.4 Å². The van der Waals surface area contributed by atoms with Gasteiger partial charge >= 0.3 is 0 Å². The Morgan fingerprint density at radius 2 is 1.87 bits per heavy atom. The number of nitrogens with one attached hydrogen (secondary N) is 2. The molecular weight excluding hydrogens is 190 g/mol. The quantitative estimate of drug-likeness (QED) is 0.681. The molecule has 88 valence electrons. The van der Waals surface area contributed by atoms with Crippen LogP contribution in [0.2, 0.25) is 0 Å². The molecule has 1 aliphatic rings. The van der Waals surface area contributed by atoms with Crippen LogP contribution in [0, 0.1) is 5.41 Å². The first-order valence-electron chi connectivity index (χ1n) is 5.63. The second-order valence-electron chi connectivity index (χ2n) is 5.16. The van der Waals surface area contributed by atoms with Gasteiger partial charge in [0.05, 0.1) is 6.04 Å². The lowest BCUT2D eigenvalue weighted by atomic mass is 9.86. The lowest BCUT2D eigenvalue weighted by molar-refractivity contribution is -0.136. The molecule has 1 fully saturated rings. The van der Waals surface area contributed by atoms with Crippen molar-refractivity contribution in [1.82, 2.24) is 15.5 Å². The van der Waals surface area contributed by atoms with Crippen molar-refractivity contribution in [2.24, 2.45) is 5.41 Å². The van der Waals surface area contributed by atoms with Crippen molar-refractivity contribution in [1.29, 1.82) is 0 Å². The summed E-state index contributed by atoms with van der Waals surface area (Å²) in [4.78, 5) is 14.2. The maximum Gasteiger partial charge on any atom is 0.240 e. The Hall–Kier alpha value is -0.610. The van der Waals surface area contributed by atoms with Crippen LogP contribution in [-0.2, 0) is 4.79 Å². The first-order valence-corrected chi connectivity index (χ1v) is 5.63. The molecule has 1 rings (SSSR count). The summed E-state index contributed by atoms with van der Waals surface area (Å²) in [6, 6.07) is -0.0874. The van der Waals surface area contributed by atoms with Crippen LogP contribution in [-0.4, -0.2) is 50.1 Å². The summed E-state index contributed by atoms with van der Waals surface area (Å²) in [6.07, 6.45) is 0. The number of amides is 1. The molecular formula is C11H23N3O. The number of piperazine rings is 1. The molecule has 0 spiro atoms. The smallest absolute Gasteiger partial charge is 0.240 e. The molecule has 0 bridgehead atoms. The van der Waals surface area contributed by atoms with E-state index in [1.807, 2.05) is 11.9 Å². The summed E-state index contributed by atoms with van der Waals surface area (Å²) >= 11 is 0. The van der Waals surface area contributed by atoms with Gasteiger partial charge in [0.1, 0.15) is 0 Å². The number of nitrogens with zero attached hydrogens (tertiary/aromatic N) is 1. The molecule has 1 amide bonds. The Morgan fingerprint density at radius 3 is 2.27 bits per heavy atom. The van der Waals surface area contributed by atoms with E-state index in [9.17, 15) is 4.79 Å². The number of hydrogen-bond acceptors (Lipinski definition) is 3. The first-order chi connectivity index (χ1) is 6.96. The molecule has 1 saturated heterocycles. The minimum atomic E-state index is -0.0874. The Kier molecular flexibility index (Phi) is 4.11. The number of likely N-dealkylation sites (N-methyl/N-ethyl adjacent to an activating group) is 1. The van der Waals surface area contributed by atoms with E-state index in [-0.39, 0.29) is 17.4 Å². The summed E-state index contributed by atoms with van der Waals surface area (Å²) in [6.45, 7) is 9.75. The Bertz CT molecular complexity index is 216. The Labute approximate surface area is 92.4 Å². The number of carbonyl (C=O) groups is 1. The van der Waals surface area contributed by atoms with Gasteiger partial charge in [0.25, 0.3) is 0 Å². The maximum atomic E-state index is 12.2. The van der Waals surface area contributed by atoms with Gasteiger partial charge in [-0.15, -0.1) is 0 Å². The molecule has 0 aromatic carbocycles. The van der Waals surface area contributed by atoms with Gasteiger partial charge in [-0.3, -0.25) is 4.79 Å². The summed E-state index contributed by atoms with van der Waals surface area (Å²) in [5, 5.41) is 6.38. The van der Waals surface area contributed by atoms with E-state index in [0.29, 0.717) is 0 Å². The number of rotatable bonds is 2. The van der Waals surface area contributed by atoms with Crippen molar-refractivity contribution >= 4 is 5.91 Å². The van der Waals surface area contributed by atoms with Crippen molar-refractivity contribution in [2.45, 2.75) is 26.8 Å². The number of carbonyl (C=O) groups excluding carboxylic acids is 1. The highest BCUT2D eigenvalue weighted by atomic mass is 16.2. The Morgan fingerprint density at radius 1 is 1.33 bits per heavy atom. The standard InChI is InChI=1S/C11H23N3O/c1-11(2,3)9(12-4)10(15)14-7-5-13-6-8-14/h9,12-13H,5-8H2,1-4H3.